The number of nitriles is 1. The van der Waals surface area contributed by atoms with E-state index in [0.717, 1.165) is 31.8 Å². The van der Waals surface area contributed by atoms with Crippen LogP contribution >= 0.6 is 0 Å². The molecule has 0 unspecified atom stereocenters. The van der Waals surface area contributed by atoms with Crippen LogP contribution in [0.3, 0.4) is 0 Å². The van der Waals surface area contributed by atoms with Crippen molar-refractivity contribution in [3.05, 3.63) is 65.2 Å². The van der Waals surface area contributed by atoms with E-state index in [4.69, 9.17) is 4.74 Å². The van der Waals surface area contributed by atoms with Crippen LogP contribution in [0.25, 0.3) is 11.6 Å². The monoisotopic (exact) mass is 388 g/mol. The molecule has 148 valence electrons. The maximum atomic E-state index is 12.6. The average molecular weight is 388 g/mol. The number of hydrogen-bond donors (Lipinski definition) is 0. The molecule has 0 aliphatic carbocycles. The van der Waals surface area contributed by atoms with E-state index in [2.05, 4.69) is 24.8 Å². The third kappa shape index (κ3) is 6.14. The second kappa shape index (κ2) is 9.95. The van der Waals surface area contributed by atoms with E-state index in [1.807, 2.05) is 0 Å². The lowest BCUT2D eigenvalue weighted by atomic mass is 10.0. The molecule has 0 N–H and O–H groups in total. The van der Waals surface area contributed by atoms with Gasteiger partial charge >= 0.3 is 6.18 Å². The highest BCUT2D eigenvalue weighted by Crippen LogP contribution is 2.29. The van der Waals surface area contributed by atoms with Crippen molar-refractivity contribution in [1.82, 2.24) is 4.90 Å². The molecule has 0 aromatic heterocycles. The molecule has 0 radical (unpaired) electrons. The Morgan fingerprint density at radius 3 is 2.14 bits per heavy atom. The molecule has 2 rings (SSSR count). The summed E-state index contributed by atoms with van der Waals surface area (Å²) >= 11 is 0. The summed E-state index contributed by atoms with van der Waals surface area (Å²) in [5.74, 6) is 0.711. The Morgan fingerprint density at radius 1 is 1.04 bits per heavy atom. The number of allylic oxidation sites excluding steroid dienone is 1. The third-order valence-electron chi connectivity index (χ3n) is 4.41. The topological polar surface area (TPSA) is 36.3 Å². The first-order valence-electron chi connectivity index (χ1n) is 9.12. The summed E-state index contributed by atoms with van der Waals surface area (Å²) < 4.78 is 43.6. The smallest absolute Gasteiger partial charge is 0.416 e. The van der Waals surface area contributed by atoms with Crippen LogP contribution in [0.15, 0.2) is 48.5 Å². The first-order chi connectivity index (χ1) is 13.4. The predicted molar refractivity (Wildman–Crippen MR) is 105 cm³/mol. The zero-order valence-corrected chi connectivity index (χ0v) is 16.0. The fraction of sp³-hybridized carbons (Fsp3) is 0.318. The highest BCUT2D eigenvalue weighted by atomic mass is 19.4. The minimum absolute atomic E-state index is 0.370. The molecule has 3 nitrogen and oxygen atoms in total. The van der Waals surface area contributed by atoms with Gasteiger partial charge in [-0.1, -0.05) is 26.0 Å². The number of hydrogen-bond acceptors (Lipinski definition) is 3. The number of nitrogens with zero attached hydrogens (tertiary/aromatic N) is 2. The molecule has 0 saturated heterocycles. The lowest BCUT2D eigenvalue weighted by molar-refractivity contribution is -0.137. The lowest BCUT2D eigenvalue weighted by Gasteiger charge is -2.18. The molecule has 0 saturated carbocycles. The van der Waals surface area contributed by atoms with Gasteiger partial charge in [0.1, 0.15) is 12.4 Å². The Hall–Kier alpha value is -2.78. The molecule has 6 heteroatoms. The summed E-state index contributed by atoms with van der Waals surface area (Å²) in [4.78, 5) is 2.26. The number of rotatable bonds is 8. The van der Waals surface area contributed by atoms with Gasteiger partial charge in [-0.3, -0.25) is 0 Å². The Bertz CT molecular complexity index is 815. The molecule has 0 amide bonds. The van der Waals surface area contributed by atoms with Gasteiger partial charge < -0.3 is 9.64 Å². The molecule has 0 aliphatic rings. The van der Waals surface area contributed by atoms with E-state index in [0.29, 0.717) is 29.1 Å². The van der Waals surface area contributed by atoms with Crippen molar-refractivity contribution >= 4 is 11.6 Å². The Morgan fingerprint density at radius 2 is 1.64 bits per heavy atom. The third-order valence-corrected chi connectivity index (χ3v) is 4.41. The van der Waals surface area contributed by atoms with Gasteiger partial charge in [0, 0.05) is 6.54 Å². The standard InChI is InChI=1S/C22H23F3N2O/c1-3-27(4-2)13-14-28-21-11-7-18(8-12-21)19(16-26)15-17-5-9-20(10-6-17)22(23,24)25/h5-12,15H,3-4,13-14H2,1-2H3/b19-15+. The molecule has 0 aliphatic heterocycles. The van der Waals surface area contributed by atoms with Crippen LogP contribution in [0.1, 0.15) is 30.5 Å². The van der Waals surface area contributed by atoms with Crippen molar-refractivity contribution in [2.24, 2.45) is 0 Å². The number of likely N-dealkylation sites (N-methyl/N-ethyl adjacent to an activating group) is 1. The summed E-state index contributed by atoms with van der Waals surface area (Å²) in [6.07, 6.45) is -2.81. The molecule has 0 heterocycles. The van der Waals surface area contributed by atoms with Gasteiger partial charge in [0.15, 0.2) is 0 Å². The van der Waals surface area contributed by atoms with E-state index in [1.165, 1.54) is 12.1 Å². The zero-order valence-electron chi connectivity index (χ0n) is 16.0. The number of halogens is 3. The molecule has 0 bridgehead atoms. The van der Waals surface area contributed by atoms with E-state index in [9.17, 15) is 18.4 Å². The highest BCUT2D eigenvalue weighted by molar-refractivity contribution is 5.89. The first-order valence-corrected chi connectivity index (χ1v) is 9.12. The van der Waals surface area contributed by atoms with Gasteiger partial charge in [0.05, 0.1) is 17.2 Å². The van der Waals surface area contributed by atoms with Crippen LogP contribution in [0, 0.1) is 11.3 Å². The first kappa shape index (κ1) is 21.5. The van der Waals surface area contributed by atoms with Gasteiger partial charge in [-0.15, -0.1) is 0 Å². The van der Waals surface area contributed by atoms with Gasteiger partial charge in [-0.05, 0) is 66.7 Å². The van der Waals surface area contributed by atoms with Crippen molar-refractivity contribution in [2.75, 3.05) is 26.2 Å². The Balaban J connectivity index is 2.06. The SMILES string of the molecule is CCN(CC)CCOc1ccc(/C(C#N)=C/c2ccc(C(F)(F)F)cc2)cc1. The minimum atomic E-state index is -4.37. The van der Waals surface area contributed by atoms with Crippen LogP contribution in [-0.4, -0.2) is 31.1 Å². The zero-order chi connectivity index (χ0) is 20.6. The molecule has 0 spiro atoms. The molecule has 0 fully saturated rings. The second-order valence-corrected chi connectivity index (χ2v) is 6.19. The van der Waals surface area contributed by atoms with Crippen LogP contribution in [0.4, 0.5) is 13.2 Å². The second-order valence-electron chi connectivity index (χ2n) is 6.19. The maximum Gasteiger partial charge on any atom is 0.416 e. The highest BCUT2D eigenvalue weighted by Gasteiger charge is 2.29. The fourth-order valence-electron chi connectivity index (χ4n) is 2.68. The van der Waals surface area contributed by atoms with Crippen LogP contribution in [0.5, 0.6) is 5.75 Å². The van der Waals surface area contributed by atoms with Crippen LogP contribution in [0.2, 0.25) is 0 Å². The normalized spacial score (nSPS) is 12.1. The Kier molecular flexibility index (Phi) is 7.65. The van der Waals surface area contributed by atoms with Crippen molar-refractivity contribution in [1.29, 1.82) is 5.26 Å². The molecule has 0 atom stereocenters. The molecular formula is C22H23F3N2O. The van der Waals surface area contributed by atoms with Gasteiger partial charge in [0.2, 0.25) is 0 Å². The van der Waals surface area contributed by atoms with Crippen LogP contribution in [-0.2, 0) is 6.18 Å². The average Bonchev–Trinajstić information content (AvgIpc) is 2.70. The molecule has 2 aromatic carbocycles. The maximum absolute atomic E-state index is 12.6. The summed E-state index contributed by atoms with van der Waals surface area (Å²) in [5.41, 5.74) is 0.867. The Labute approximate surface area is 163 Å². The summed E-state index contributed by atoms with van der Waals surface area (Å²) in [6.45, 7) is 7.56. The molecular weight excluding hydrogens is 365 g/mol. The van der Waals surface area contributed by atoms with E-state index >= 15 is 0 Å². The van der Waals surface area contributed by atoms with E-state index in [-0.39, 0.29) is 0 Å². The largest absolute Gasteiger partial charge is 0.492 e. The quantitative estimate of drug-likeness (QED) is 0.443. The molecule has 28 heavy (non-hydrogen) atoms. The number of benzene rings is 2. The van der Waals surface area contributed by atoms with Crippen molar-refractivity contribution < 1.29 is 17.9 Å². The fourth-order valence-corrected chi connectivity index (χ4v) is 2.68. The predicted octanol–water partition coefficient (Wildman–Crippen LogP) is 5.49. The van der Waals surface area contributed by atoms with E-state index in [1.54, 1.807) is 30.3 Å². The summed E-state index contributed by atoms with van der Waals surface area (Å²) in [5, 5.41) is 9.42. The summed E-state index contributed by atoms with van der Waals surface area (Å²) in [6, 6.07) is 13.9. The number of alkyl halides is 3. The lowest BCUT2D eigenvalue weighted by Crippen LogP contribution is -2.27. The minimum Gasteiger partial charge on any atom is -0.492 e. The van der Waals surface area contributed by atoms with Crippen molar-refractivity contribution in [3.8, 4) is 11.8 Å². The van der Waals surface area contributed by atoms with Gasteiger partial charge in [-0.25, -0.2) is 0 Å². The molecule has 2 aromatic rings. The van der Waals surface area contributed by atoms with Crippen molar-refractivity contribution in [3.63, 3.8) is 0 Å². The van der Waals surface area contributed by atoms with Crippen molar-refractivity contribution in [2.45, 2.75) is 20.0 Å². The van der Waals surface area contributed by atoms with Crippen LogP contribution < -0.4 is 4.74 Å². The van der Waals surface area contributed by atoms with E-state index < -0.39 is 11.7 Å². The van der Waals surface area contributed by atoms with Gasteiger partial charge in [0.25, 0.3) is 0 Å². The summed E-state index contributed by atoms with van der Waals surface area (Å²) in [7, 11) is 0. The number of ether oxygens (including phenoxy) is 1. The van der Waals surface area contributed by atoms with Gasteiger partial charge in [-0.2, -0.15) is 18.4 Å².